The van der Waals surface area contributed by atoms with E-state index in [0.29, 0.717) is 6.07 Å². The summed E-state index contributed by atoms with van der Waals surface area (Å²) in [6.07, 6.45) is 3.50. The Bertz CT molecular complexity index is 1720. The first-order valence-corrected chi connectivity index (χ1v) is 12.6. The van der Waals surface area contributed by atoms with Gasteiger partial charge >= 0.3 is 0 Å². The number of nitro groups is 2. The minimum atomic E-state index is -1.74. The van der Waals surface area contributed by atoms with Gasteiger partial charge in [0, 0.05) is 61.0 Å². The summed E-state index contributed by atoms with van der Waals surface area (Å²) in [5.74, 6) is 3.31. The van der Waals surface area contributed by atoms with Crippen LogP contribution in [0, 0.1) is 70.7 Å². The van der Waals surface area contributed by atoms with E-state index >= 15 is 0 Å². The van der Waals surface area contributed by atoms with Gasteiger partial charge in [0.2, 0.25) is 0 Å². The number of halogens is 5. The van der Waals surface area contributed by atoms with Gasteiger partial charge in [0.25, 0.3) is 11.4 Å². The van der Waals surface area contributed by atoms with E-state index in [9.17, 15) is 37.8 Å². The maximum Gasteiger partial charge on any atom is 0.277 e. The van der Waals surface area contributed by atoms with Crippen molar-refractivity contribution in [2.45, 2.75) is 0 Å². The lowest BCUT2D eigenvalue weighted by Gasteiger charge is -2.11. The molecule has 0 aliphatic rings. The first-order valence-electron chi connectivity index (χ1n) is 11.6. The molecule has 0 amide bonds. The second kappa shape index (κ2) is 14.0. The van der Waals surface area contributed by atoms with Crippen LogP contribution in [0.2, 0.25) is 0 Å². The van der Waals surface area contributed by atoms with E-state index in [1.54, 1.807) is 12.4 Å². The summed E-state index contributed by atoms with van der Waals surface area (Å²) in [6.45, 7) is 0. The van der Waals surface area contributed by atoms with E-state index in [1.807, 2.05) is 50.2 Å². The lowest BCUT2D eigenvalue weighted by atomic mass is 10.1. The molecule has 8 nitrogen and oxygen atoms in total. The van der Waals surface area contributed by atoms with Gasteiger partial charge in [-0.05, 0) is 59.0 Å². The fraction of sp³-hybridized carbons (Fsp3) is 0.0690. The molecule has 0 bridgehead atoms. The first-order chi connectivity index (χ1) is 19.9. The third-order valence-corrected chi connectivity index (χ3v) is 6.23. The van der Waals surface area contributed by atoms with Crippen LogP contribution in [0.25, 0.3) is 0 Å². The molecule has 4 aromatic rings. The molecule has 0 aliphatic heterocycles. The van der Waals surface area contributed by atoms with E-state index < -0.39 is 53.6 Å². The predicted octanol–water partition coefficient (Wildman–Crippen LogP) is 6.61. The van der Waals surface area contributed by atoms with E-state index in [2.05, 4.69) is 33.9 Å². The molecule has 4 rings (SSSR count). The molecule has 1 aromatic heterocycles. The Kier molecular flexibility index (Phi) is 10.5. The fourth-order valence-electron chi connectivity index (χ4n) is 3.15. The molecule has 0 fully saturated rings. The second-order valence-corrected chi connectivity index (χ2v) is 9.45. The van der Waals surface area contributed by atoms with Crippen LogP contribution in [0.3, 0.4) is 0 Å². The quantitative estimate of drug-likeness (QED) is 0.0457. The zero-order valence-electron chi connectivity index (χ0n) is 21.7. The van der Waals surface area contributed by atoms with Crippen molar-refractivity contribution in [2.24, 2.45) is 0 Å². The molecule has 42 heavy (non-hydrogen) atoms. The Morgan fingerprint density at radius 1 is 0.690 bits per heavy atom. The number of anilines is 1. The largest absolute Gasteiger partial charge is 0.378 e. The van der Waals surface area contributed by atoms with Crippen molar-refractivity contribution in [3.63, 3.8) is 0 Å². The third kappa shape index (κ3) is 8.02. The van der Waals surface area contributed by atoms with E-state index in [-0.39, 0.29) is 5.56 Å². The molecule has 0 aliphatic carbocycles. The van der Waals surface area contributed by atoms with Crippen molar-refractivity contribution in [3.8, 4) is 23.7 Å². The molecule has 212 valence electrons. The maximum absolute atomic E-state index is 13.7. The van der Waals surface area contributed by atoms with Crippen LogP contribution in [0.1, 0.15) is 22.3 Å². The lowest BCUT2D eigenvalue weighted by molar-refractivity contribution is -0.394. The van der Waals surface area contributed by atoms with Crippen molar-refractivity contribution in [3.05, 3.63) is 136 Å². The number of rotatable bonds is 3. The number of nitrogens with zero attached hydrogens (tertiary/aromatic N) is 4. The fourth-order valence-corrected chi connectivity index (χ4v) is 3.62. The van der Waals surface area contributed by atoms with Crippen molar-refractivity contribution >= 4 is 39.7 Å². The molecule has 0 N–H and O–H groups in total. The number of hydrogen-bond acceptors (Lipinski definition) is 6. The molecule has 0 atom stereocenters. The Morgan fingerprint density at radius 2 is 1.14 bits per heavy atom. The smallest absolute Gasteiger partial charge is 0.277 e. The molecule has 13 heteroatoms. The van der Waals surface area contributed by atoms with Gasteiger partial charge in [-0.25, -0.2) is 17.6 Å². The molecule has 1 heterocycles. The van der Waals surface area contributed by atoms with E-state index in [4.69, 9.17) is 0 Å². The summed E-state index contributed by atoms with van der Waals surface area (Å²) in [7, 11) is 4.05. The highest BCUT2D eigenvalue weighted by Crippen LogP contribution is 2.26. The first kappa shape index (κ1) is 31.5. The second-order valence-electron chi connectivity index (χ2n) is 8.37. The third-order valence-electron chi connectivity index (χ3n) is 5.28. The van der Waals surface area contributed by atoms with Gasteiger partial charge in [-0.1, -0.05) is 23.7 Å². The number of hydrogen-bond donors (Lipinski definition) is 0. The van der Waals surface area contributed by atoms with Crippen molar-refractivity contribution in [1.82, 2.24) is 4.98 Å². The van der Waals surface area contributed by atoms with E-state index in [0.717, 1.165) is 45.9 Å². The van der Waals surface area contributed by atoms with Gasteiger partial charge in [-0.3, -0.25) is 25.2 Å². The Morgan fingerprint density at radius 3 is 1.60 bits per heavy atom. The predicted molar refractivity (Wildman–Crippen MR) is 156 cm³/mol. The SMILES string of the molecule is CN(C)c1ccc(C#Cc2ccncc2)cc1.O=[N+]([O-])c1cc(C#Cc2c(F)c(F)c(I)c(F)c2F)cc([N+](=O)[O-])c1. The van der Waals surface area contributed by atoms with Gasteiger partial charge in [0.05, 0.1) is 19.5 Å². The molecule has 0 spiro atoms. The van der Waals surface area contributed by atoms with Gasteiger partial charge < -0.3 is 4.90 Å². The molecular formula is C29H17F4IN4O4. The summed E-state index contributed by atoms with van der Waals surface area (Å²) in [6, 6.07) is 14.3. The van der Waals surface area contributed by atoms with Crippen LogP contribution in [-0.2, 0) is 0 Å². The van der Waals surface area contributed by atoms with Crippen LogP contribution in [-0.4, -0.2) is 28.9 Å². The van der Waals surface area contributed by atoms with Crippen LogP contribution < -0.4 is 4.90 Å². The molecule has 0 unspecified atom stereocenters. The monoisotopic (exact) mass is 688 g/mol. The van der Waals surface area contributed by atoms with Crippen LogP contribution >= 0.6 is 22.6 Å². The number of aromatic nitrogens is 1. The summed E-state index contributed by atoms with van der Waals surface area (Å²) in [4.78, 5) is 25.7. The minimum Gasteiger partial charge on any atom is -0.378 e. The van der Waals surface area contributed by atoms with Crippen molar-refractivity contribution in [1.29, 1.82) is 0 Å². The summed E-state index contributed by atoms with van der Waals surface area (Å²) >= 11 is 1.07. The highest BCUT2D eigenvalue weighted by Gasteiger charge is 2.23. The van der Waals surface area contributed by atoms with Crippen LogP contribution in [0.4, 0.5) is 34.6 Å². The van der Waals surface area contributed by atoms with Crippen LogP contribution in [0.5, 0.6) is 0 Å². The summed E-state index contributed by atoms with van der Waals surface area (Å²) < 4.78 is 53.5. The van der Waals surface area contributed by atoms with Gasteiger partial charge in [-0.15, -0.1) is 0 Å². The molecule has 0 saturated carbocycles. The zero-order chi connectivity index (χ0) is 31.0. The lowest BCUT2D eigenvalue weighted by Crippen LogP contribution is -2.07. The topological polar surface area (TPSA) is 102 Å². The van der Waals surface area contributed by atoms with Crippen LogP contribution in [0.15, 0.2) is 67.0 Å². The number of pyridine rings is 1. The molecule has 0 saturated heterocycles. The Balaban J connectivity index is 0.000000247. The van der Waals surface area contributed by atoms with Gasteiger partial charge in [0.15, 0.2) is 23.3 Å². The molecule has 0 radical (unpaired) electrons. The normalized spacial score (nSPS) is 9.79. The zero-order valence-corrected chi connectivity index (χ0v) is 23.8. The highest BCUT2D eigenvalue weighted by molar-refractivity contribution is 14.1. The highest BCUT2D eigenvalue weighted by atomic mass is 127. The van der Waals surface area contributed by atoms with Gasteiger partial charge in [0.1, 0.15) is 5.56 Å². The van der Waals surface area contributed by atoms with Crippen molar-refractivity contribution in [2.75, 3.05) is 19.0 Å². The number of benzene rings is 3. The Labute approximate surface area is 250 Å². The molecular weight excluding hydrogens is 671 g/mol. The minimum absolute atomic E-state index is 0.334. The Hall–Kier alpha value is -5.02. The van der Waals surface area contributed by atoms with E-state index in [1.165, 1.54) is 5.69 Å². The standard InChI is InChI=1S/C15H14N2.C14H3F4IN2O4/c1-17(2)15-7-5-13(6-8-15)3-4-14-9-11-16-12-10-14;15-10-9(11(16)13(18)14(19)12(10)17)2-1-6-3-7(20(22)23)5-8(4-6)21(24)25/h5-12H,1-2H3;3-5H. The van der Waals surface area contributed by atoms with Gasteiger partial charge in [-0.2, -0.15) is 0 Å². The summed E-state index contributed by atoms with van der Waals surface area (Å²) in [5.41, 5.74) is 0.256. The van der Waals surface area contributed by atoms with Crippen molar-refractivity contribution < 1.29 is 27.4 Å². The molecule has 3 aromatic carbocycles. The average molecular weight is 688 g/mol. The number of nitro benzene ring substituents is 2. The summed E-state index contributed by atoms with van der Waals surface area (Å²) in [5, 5.41) is 21.5. The number of non-ortho nitro benzene ring substituents is 2. The maximum atomic E-state index is 13.7. The average Bonchev–Trinajstić information content (AvgIpc) is 2.98.